The number of nitrogens with zero attached hydrogens (tertiary/aromatic N) is 2. The van der Waals surface area contributed by atoms with Gasteiger partial charge in [0.1, 0.15) is 0 Å². The molecule has 2 aliphatic heterocycles. The molecule has 2 unspecified atom stereocenters. The molecule has 2 atom stereocenters. The van der Waals surface area contributed by atoms with E-state index in [-0.39, 0.29) is 0 Å². The van der Waals surface area contributed by atoms with E-state index in [2.05, 4.69) is 35.8 Å². The van der Waals surface area contributed by atoms with Gasteiger partial charge in [-0.05, 0) is 45.4 Å². The van der Waals surface area contributed by atoms with Crippen LogP contribution in [0.15, 0.2) is 12.1 Å². The summed E-state index contributed by atoms with van der Waals surface area (Å²) in [5.74, 6) is 0. The van der Waals surface area contributed by atoms with E-state index >= 15 is 0 Å². The van der Waals surface area contributed by atoms with Crippen molar-refractivity contribution in [2.45, 2.75) is 51.7 Å². The fourth-order valence-corrected chi connectivity index (χ4v) is 4.32. The molecule has 0 saturated carbocycles. The van der Waals surface area contributed by atoms with Gasteiger partial charge < -0.3 is 0 Å². The molecule has 2 saturated heterocycles. The molecule has 3 heterocycles. The molecule has 2 nitrogen and oxygen atoms in total. The summed E-state index contributed by atoms with van der Waals surface area (Å²) in [6.45, 7) is 9.64. The average Bonchev–Trinajstić information content (AvgIpc) is 2.76. The average molecular weight is 264 g/mol. The van der Waals surface area contributed by atoms with Gasteiger partial charge in [-0.15, -0.1) is 11.3 Å². The second-order valence-corrected chi connectivity index (χ2v) is 7.31. The molecule has 1 aromatic heterocycles. The van der Waals surface area contributed by atoms with Crippen molar-refractivity contribution in [2.24, 2.45) is 0 Å². The maximum atomic E-state index is 2.73. The van der Waals surface area contributed by atoms with E-state index in [1.807, 2.05) is 11.3 Å². The third-order valence-corrected chi connectivity index (χ3v) is 5.46. The second-order valence-electron chi connectivity index (χ2n) is 5.94. The highest BCUT2D eigenvalue weighted by Crippen LogP contribution is 2.26. The molecular formula is C15H24N2S. The van der Waals surface area contributed by atoms with Gasteiger partial charge in [-0.25, -0.2) is 0 Å². The van der Waals surface area contributed by atoms with Crippen LogP contribution in [0.4, 0.5) is 0 Å². The van der Waals surface area contributed by atoms with E-state index in [1.54, 1.807) is 0 Å². The van der Waals surface area contributed by atoms with Crippen LogP contribution in [-0.2, 0) is 6.54 Å². The maximum Gasteiger partial charge on any atom is 0.0332 e. The number of piperidine rings is 1. The number of piperazine rings is 1. The maximum absolute atomic E-state index is 2.73. The zero-order valence-electron chi connectivity index (χ0n) is 11.6. The first kappa shape index (κ1) is 12.6. The van der Waals surface area contributed by atoms with Gasteiger partial charge in [0.05, 0.1) is 0 Å². The summed E-state index contributed by atoms with van der Waals surface area (Å²) in [5, 5.41) is 0. The molecular weight excluding hydrogens is 240 g/mol. The molecule has 0 aliphatic carbocycles. The summed E-state index contributed by atoms with van der Waals surface area (Å²) >= 11 is 1.96. The van der Waals surface area contributed by atoms with Crippen LogP contribution < -0.4 is 0 Å². The summed E-state index contributed by atoms with van der Waals surface area (Å²) in [6.07, 6.45) is 4.25. The van der Waals surface area contributed by atoms with Gasteiger partial charge in [-0.1, -0.05) is 6.42 Å². The number of hydrogen-bond donors (Lipinski definition) is 0. The number of hydrogen-bond acceptors (Lipinski definition) is 3. The minimum Gasteiger partial charge on any atom is -0.298 e. The standard InChI is InChI=1S/C15H24N2S/c1-12-9-16-8-4-3-5-14(16)10-17(12)11-15-7-6-13(2)18-15/h6-7,12,14H,3-5,8-11H2,1-2H3. The predicted octanol–water partition coefficient (Wildman–Crippen LogP) is 3.12. The van der Waals surface area contributed by atoms with E-state index in [0.29, 0.717) is 6.04 Å². The van der Waals surface area contributed by atoms with Crippen LogP contribution in [0.3, 0.4) is 0 Å². The van der Waals surface area contributed by atoms with Gasteiger partial charge in [0, 0.05) is 41.5 Å². The number of rotatable bonds is 2. The Hall–Kier alpha value is -0.380. The van der Waals surface area contributed by atoms with Crippen molar-refractivity contribution in [3.8, 4) is 0 Å². The monoisotopic (exact) mass is 264 g/mol. The third-order valence-electron chi connectivity index (χ3n) is 4.47. The molecule has 0 spiro atoms. The number of fused-ring (bicyclic) bond motifs is 1. The van der Waals surface area contributed by atoms with Gasteiger partial charge in [-0.3, -0.25) is 9.80 Å². The normalized spacial score (nSPS) is 30.3. The molecule has 1 aromatic rings. The van der Waals surface area contributed by atoms with Crippen molar-refractivity contribution in [1.82, 2.24) is 9.80 Å². The number of thiophene rings is 1. The Morgan fingerprint density at radius 2 is 2.17 bits per heavy atom. The number of aryl methyl sites for hydroxylation is 1. The van der Waals surface area contributed by atoms with Crippen LogP contribution in [0, 0.1) is 6.92 Å². The van der Waals surface area contributed by atoms with Gasteiger partial charge >= 0.3 is 0 Å². The lowest BCUT2D eigenvalue weighted by molar-refractivity contribution is 0.0116. The van der Waals surface area contributed by atoms with Crippen molar-refractivity contribution in [3.05, 3.63) is 21.9 Å². The summed E-state index contributed by atoms with van der Waals surface area (Å²) < 4.78 is 0. The molecule has 0 N–H and O–H groups in total. The second kappa shape index (κ2) is 5.32. The van der Waals surface area contributed by atoms with Crippen LogP contribution in [0.25, 0.3) is 0 Å². The van der Waals surface area contributed by atoms with E-state index in [0.717, 1.165) is 12.6 Å². The minimum atomic E-state index is 0.710. The molecule has 0 radical (unpaired) electrons. The van der Waals surface area contributed by atoms with E-state index < -0.39 is 0 Å². The summed E-state index contributed by atoms with van der Waals surface area (Å²) in [5.41, 5.74) is 0. The minimum absolute atomic E-state index is 0.710. The summed E-state index contributed by atoms with van der Waals surface area (Å²) in [7, 11) is 0. The van der Waals surface area contributed by atoms with E-state index in [1.165, 1.54) is 48.7 Å². The SMILES string of the molecule is Cc1ccc(CN2CC3CCCCN3CC2C)s1. The van der Waals surface area contributed by atoms with Crippen molar-refractivity contribution in [3.63, 3.8) is 0 Å². The molecule has 3 heteroatoms. The van der Waals surface area contributed by atoms with E-state index in [4.69, 9.17) is 0 Å². The van der Waals surface area contributed by atoms with Gasteiger partial charge in [0.15, 0.2) is 0 Å². The molecule has 18 heavy (non-hydrogen) atoms. The lowest BCUT2D eigenvalue weighted by Crippen LogP contribution is -2.58. The quantitative estimate of drug-likeness (QED) is 0.810. The smallest absolute Gasteiger partial charge is 0.0332 e. The molecule has 3 rings (SSSR count). The largest absolute Gasteiger partial charge is 0.298 e. The van der Waals surface area contributed by atoms with Crippen LogP contribution in [0.2, 0.25) is 0 Å². The first-order valence-electron chi connectivity index (χ1n) is 7.26. The predicted molar refractivity (Wildman–Crippen MR) is 78.1 cm³/mol. The fourth-order valence-electron chi connectivity index (χ4n) is 3.40. The molecule has 100 valence electrons. The molecule has 2 fully saturated rings. The van der Waals surface area contributed by atoms with Crippen LogP contribution in [0.1, 0.15) is 35.9 Å². The van der Waals surface area contributed by atoms with Crippen LogP contribution in [0.5, 0.6) is 0 Å². The third kappa shape index (κ3) is 2.63. The van der Waals surface area contributed by atoms with Crippen LogP contribution in [-0.4, -0.2) is 41.5 Å². The van der Waals surface area contributed by atoms with Crippen molar-refractivity contribution in [2.75, 3.05) is 19.6 Å². The summed E-state index contributed by atoms with van der Waals surface area (Å²) in [4.78, 5) is 8.39. The molecule has 2 aliphatic rings. The zero-order valence-corrected chi connectivity index (χ0v) is 12.4. The van der Waals surface area contributed by atoms with Gasteiger partial charge in [0.25, 0.3) is 0 Å². The van der Waals surface area contributed by atoms with Crippen molar-refractivity contribution >= 4 is 11.3 Å². The van der Waals surface area contributed by atoms with Gasteiger partial charge in [-0.2, -0.15) is 0 Å². The Bertz CT molecular complexity index is 401. The molecule has 0 aromatic carbocycles. The Kier molecular flexibility index (Phi) is 3.73. The summed E-state index contributed by atoms with van der Waals surface area (Å²) in [6, 6.07) is 6.10. The first-order chi connectivity index (χ1) is 8.72. The van der Waals surface area contributed by atoms with Gasteiger partial charge in [0.2, 0.25) is 0 Å². The molecule has 0 amide bonds. The Labute approximate surface area is 115 Å². The zero-order chi connectivity index (χ0) is 12.5. The highest BCUT2D eigenvalue weighted by molar-refractivity contribution is 7.11. The topological polar surface area (TPSA) is 6.48 Å². The lowest BCUT2D eigenvalue weighted by Gasteiger charge is -2.47. The Morgan fingerprint density at radius 3 is 2.94 bits per heavy atom. The first-order valence-corrected chi connectivity index (χ1v) is 8.07. The Morgan fingerprint density at radius 1 is 1.28 bits per heavy atom. The lowest BCUT2D eigenvalue weighted by atomic mass is 9.97. The van der Waals surface area contributed by atoms with E-state index in [9.17, 15) is 0 Å². The Balaban J connectivity index is 1.65. The highest BCUT2D eigenvalue weighted by Gasteiger charge is 2.32. The highest BCUT2D eigenvalue weighted by atomic mass is 32.1. The van der Waals surface area contributed by atoms with Crippen molar-refractivity contribution < 1.29 is 0 Å². The van der Waals surface area contributed by atoms with Crippen molar-refractivity contribution in [1.29, 1.82) is 0 Å². The fraction of sp³-hybridized carbons (Fsp3) is 0.733. The molecule has 0 bridgehead atoms. The van der Waals surface area contributed by atoms with Crippen LogP contribution >= 0.6 is 11.3 Å².